The van der Waals surface area contributed by atoms with Crippen LogP contribution in [0.4, 0.5) is 5.69 Å². The number of H-pyrrole nitrogens is 1. The fraction of sp³-hybridized carbons (Fsp3) is 0.273. The number of anilines is 1. The molecular formula is C22H25BN2. The molecule has 0 fully saturated rings. The van der Waals surface area contributed by atoms with E-state index in [4.69, 9.17) is 7.85 Å². The number of benzene rings is 1. The second-order valence-corrected chi connectivity index (χ2v) is 6.28. The zero-order chi connectivity index (χ0) is 18.0. The van der Waals surface area contributed by atoms with E-state index < -0.39 is 0 Å². The third kappa shape index (κ3) is 2.78. The van der Waals surface area contributed by atoms with Gasteiger partial charge in [0, 0.05) is 12.1 Å². The third-order valence-electron chi connectivity index (χ3n) is 5.11. The van der Waals surface area contributed by atoms with E-state index >= 15 is 0 Å². The Bertz CT molecular complexity index is 856. The van der Waals surface area contributed by atoms with Crippen LogP contribution in [0.3, 0.4) is 0 Å². The lowest BCUT2D eigenvalue weighted by molar-refractivity contribution is 0.456. The Morgan fingerprint density at radius 2 is 2.12 bits per heavy atom. The molecule has 2 aromatic rings. The number of aromatic nitrogens is 1. The molecule has 1 aromatic heterocycles. The van der Waals surface area contributed by atoms with E-state index in [0.717, 1.165) is 28.5 Å². The molecule has 3 atom stereocenters. The normalized spacial score (nSPS) is 23.9. The predicted molar refractivity (Wildman–Crippen MR) is 111 cm³/mol. The summed E-state index contributed by atoms with van der Waals surface area (Å²) < 4.78 is 0. The number of hydrogen-bond donors (Lipinski definition) is 2. The molecule has 0 amide bonds. The lowest BCUT2D eigenvalue weighted by atomic mass is 9.74. The zero-order valence-electron chi connectivity index (χ0n) is 15.0. The molecule has 2 heterocycles. The van der Waals surface area contributed by atoms with Gasteiger partial charge in [-0.25, -0.2) is 0 Å². The summed E-state index contributed by atoms with van der Waals surface area (Å²) in [6.45, 7) is 11.8. The standard InChI is InChI=1S/C20H19BN2.C2H6/c1-3-6-12(4-2)18-14-8-5-7-13(14)16-11-17(21)15-9-10-22-19(15)20(16)23-18;1-2/h3-7,9-11,13-14,18,22-23H,1-2,8H2;1-2H3/b12-6+;. The summed E-state index contributed by atoms with van der Waals surface area (Å²) in [5.74, 6) is 0.873. The summed E-state index contributed by atoms with van der Waals surface area (Å²) in [6, 6.07) is 4.40. The van der Waals surface area contributed by atoms with Crippen molar-refractivity contribution in [2.45, 2.75) is 32.2 Å². The highest BCUT2D eigenvalue weighted by atomic mass is 15.0. The molecule has 1 aliphatic heterocycles. The van der Waals surface area contributed by atoms with Crippen LogP contribution in [0.25, 0.3) is 10.9 Å². The van der Waals surface area contributed by atoms with E-state index in [0.29, 0.717) is 11.8 Å². The molecule has 25 heavy (non-hydrogen) atoms. The van der Waals surface area contributed by atoms with Crippen LogP contribution in [-0.2, 0) is 0 Å². The Morgan fingerprint density at radius 1 is 1.32 bits per heavy atom. The second-order valence-electron chi connectivity index (χ2n) is 6.28. The highest BCUT2D eigenvalue weighted by Crippen LogP contribution is 2.47. The Labute approximate surface area is 151 Å². The number of aromatic amines is 1. The van der Waals surface area contributed by atoms with Crippen LogP contribution in [0.15, 0.2) is 67.4 Å². The summed E-state index contributed by atoms with van der Waals surface area (Å²) >= 11 is 0. The lowest BCUT2D eigenvalue weighted by Gasteiger charge is -2.38. The first-order valence-electron chi connectivity index (χ1n) is 9.02. The predicted octanol–water partition coefficient (Wildman–Crippen LogP) is 4.74. The van der Waals surface area contributed by atoms with Gasteiger partial charge in [0.25, 0.3) is 0 Å². The molecular weight excluding hydrogens is 303 g/mol. The first-order chi connectivity index (χ1) is 12.2. The molecule has 1 aromatic carbocycles. The lowest BCUT2D eigenvalue weighted by Crippen LogP contribution is -2.37. The molecule has 4 rings (SSSR count). The number of hydrogen-bond acceptors (Lipinski definition) is 1. The quantitative estimate of drug-likeness (QED) is 0.475. The summed E-state index contributed by atoms with van der Waals surface area (Å²) in [4.78, 5) is 3.35. The van der Waals surface area contributed by atoms with Crippen molar-refractivity contribution in [1.29, 1.82) is 0 Å². The summed E-state index contributed by atoms with van der Waals surface area (Å²) in [7, 11) is 6.26. The fourth-order valence-corrected chi connectivity index (χ4v) is 4.07. The van der Waals surface area contributed by atoms with Gasteiger partial charge in [0.1, 0.15) is 7.85 Å². The molecule has 1 aliphatic carbocycles. The Kier molecular flexibility index (Phi) is 5.03. The van der Waals surface area contributed by atoms with Gasteiger partial charge in [-0.2, -0.15) is 0 Å². The largest absolute Gasteiger partial charge is 0.376 e. The molecule has 2 N–H and O–H groups in total. The SMILES string of the molecule is CC.[B]c1cc2c(c3[nH]ccc13)NC(/C(C=C)=C/C=C)C1CC=CC21. The van der Waals surface area contributed by atoms with Crippen LogP contribution in [-0.4, -0.2) is 18.9 Å². The van der Waals surface area contributed by atoms with Crippen molar-refractivity contribution >= 4 is 29.9 Å². The monoisotopic (exact) mass is 328 g/mol. The number of rotatable bonds is 3. The molecule has 3 unspecified atom stereocenters. The summed E-state index contributed by atoms with van der Waals surface area (Å²) in [5.41, 5.74) is 5.56. The Morgan fingerprint density at radius 3 is 2.84 bits per heavy atom. The van der Waals surface area contributed by atoms with Gasteiger partial charge in [-0.1, -0.05) is 68.9 Å². The van der Waals surface area contributed by atoms with Gasteiger partial charge in [-0.05, 0) is 34.9 Å². The molecule has 0 bridgehead atoms. The first-order valence-corrected chi connectivity index (χ1v) is 9.02. The van der Waals surface area contributed by atoms with Crippen LogP contribution < -0.4 is 10.8 Å². The maximum Gasteiger partial charge on any atom is 0.114 e. The van der Waals surface area contributed by atoms with Gasteiger partial charge in [-0.15, -0.1) is 0 Å². The van der Waals surface area contributed by atoms with Crippen LogP contribution in [0.2, 0.25) is 0 Å². The van der Waals surface area contributed by atoms with E-state index in [1.807, 2.05) is 44.3 Å². The minimum atomic E-state index is 0.230. The minimum Gasteiger partial charge on any atom is -0.376 e. The molecule has 2 nitrogen and oxygen atoms in total. The topological polar surface area (TPSA) is 27.8 Å². The van der Waals surface area contributed by atoms with Crippen molar-refractivity contribution in [3.63, 3.8) is 0 Å². The van der Waals surface area contributed by atoms with Gasteiger partial charge in [0.05, 0.1) is 17.2 Å². The highest BCUT2D eigenvalue weighted by molar-refractivity contribution is 6.39. The van der Waals surface area contributed by atoms with E-state index in [9.17, 15) is 0 Å². The molecule has 2 aliphatic rings. The van der Waals surface area contributed by atoms with E-state index in [1.54, 1.807) is 0 Å². The van der Waals surface area contributed by atoms with Gasteiger partial charge in [0.15, 0.2) is 0 Å². The summed E-state index contributed by atoms with van der Waals surface area (Å²) in [6.07, 6.45) is 13.4. The third-order valence-corrected chi connectivity index (χ3v) is 5.11. The van der Waals surface area contributed by atoms with Crippen molar-refractivity contribution in [2.75, 3.05) is 5.32 Å². The molecule has 126 valence electrons. The second kappa shape index (κ2) is 7.22. The van der Waals surface area contributed by atoms with Crippen molar-refractivity contribution < 1.29 is 0 Å². The highest BCUT2D eigenvalue weighted by Gasteiger charge is 2.39. The minimum absolute atomic E-state index is 0.230. The smallest absolute Gasteiger partial charge is 0.114 e. The van der Waals surface area contributed by atoms with E-state index in [2.05, 4.69) is 41.7 Å². The van der Waals surface area contributed by atoms with E-state index in [1.165, 1.54) is 11.1 Å². The molecule has 3 heteroatoms. The Hall–Kier alpha value is -2.42. The molecule has 0 spiro atoms. The van der Waals surface area contributed by atoms with E-state index in [-0.39, 0.29) is 6.04 Å². The molecule has 0 saturated carbocycles. The van der Waals surface area contributed by atoms with Crippen LogP contribution in [0.5, 0.6) is 0 Å². The number of allylic oxidation sites excluding steroid dienone is 4. The van der Waals surface area contributed by atoms with Crippen molar-refractivity contribution in [2.24, 2.45) is 5.92 Å². The van der Waals surface area contributed by atoms with Crippen LogP contribution in [0, 0.1) is 5.92 Å². The maximum absolute atomic E-state index is 6.26. The van der Waals surface area contributed by atoms with Crippen molar-refractivity contribution in [3.8, 4) is 0 Å². The fourth-order valence-electron chi connectivity index (χ4n) is 4.07. The Balaban J connectivity index is 0.000000880. The zero-order valence-corrected chi connectivity index (χ0v) is 15.0. The average molecular weight is 328 g/mol. The van der Waals surface area contributed by atoms with Gasteiger partial charge in [0.2, 0.25) is 0 Å². The first kappa shape index (κ1) is 17.4. The molecule has 0 saturated heterocycles. The van der Waals surface area contributed by atoms with Crippen molar-refractivity contribution in [1.82, 2.24) is 4.98 Å². The van der Waals surface area contributed by atoms with Gasteiger partial charge >= 0.3 is 0 Å². The molecule has 2 radical (unpaired) electrons. The van der Waals surface area contributed by atoms with Crippen LogP contribution in [0.1, 0.15) is 31.7 Å². The number of fused-ring (bicyclic) bond motifs is 5. The van der Waals surface area contributed by atoms with Crippen molar-refractivity contribution in [3.05, 3.63) is 73.0 Å². The number of nitrogens with one attached hydrogen (secondary N) is 2. The van der Waals surface area contributed by atoms with Gasteiger partial charge < -0.3 is 10.3 Å². The maximum atomic E-state index is 6.26. The summed E-state index contributed by atoms with van der Waals surface area (Å²) in [5, 5.41) is 4.82. The van der Waals surface area contributed by atoms with Crippen LogP contribution >= 0.6 is 0 Å². The van der Waals surface area contributed by atoms with Gasteiger partial charge in [-0.3, -0.25) is 0 Å². The average Bonchev–Trinajstić information content (AvgIpc) is 3.31.